The number of carbonyl (C=O) groups is 2. The molecule has 0 aliphatic heterocycles. The molecule has 13 heavy (non-hydrogen) atoms. The summed E-state index contributed by atoms with van der Waals surface area (Å²) in [7, 11) is 0. The molecular formula is C9H14Cl2O2. The highest BCUT2D eigenvalue weighted by Gasteiger charge is 2.43. The lowest BCUT2D eigenvalue weighted by molar-refractivity contribution is -0.131. The Morgan fingerprint density at radius 1 is 0.923 bits per heavy atom. The normalized spacial score (nSPS) is 12.3. The minimum atomic E-state index is -1.87. The van der Waals surface area contributed by atoms with Crippen LogP contribution in [0, 0.1) is 11.8 Å². The van der Waals surface area contributed by atoms with Crippen molar-refractivity contribution in [2.24, 2.45) is 11.8 Å². The maximum atomic E-state index is 11.4. The highest BCUT2D eigenvalue weighted by atomic mass is 35.5. The third-order valence-corrected chi connectivity index (χ3v) is 2.41. The number of hydrogen-bond donors (Lipinski definition) is 0. The van der Waals surface area contributed by atoms with Gasteiger partial charge in [0.05, 0.1) is 0 Å². The number of hydrogen-bond acceptors (Lipinski definition) is 2. The molecule has 0 saturated carbocycles. The second-order valence-corrected chi connectivity index (χ2v) is 4.94. The quantitative estimate of drug-likeness (QED) is 0.544. The fourth-order valence-electron chi connectivity index (χ4n) is 0.847. The molecule has 0 rings (SSSR count). The van der Waals surface area contributed by atoms with Crippen LogP contribution in [0.15, 0.2) is 0 Å². The van der Waals surface area contributed by atoms with Crippen LogP contribution in [0.5, 0.6) is 0 Å². The van der Waals surface area contributed by atoms with Crippen molar-refractivity contribution in [1.29, 1.82) is 0 Å². The highest BCUT2D eigenvalue weighted by molar-refractivity contribution is 6.68. The third-order valence-electron chi connectivity index (χ3n) is 1.67. The Balaban J connectivity index is 4.76. The standard InChI is InChI=1S/C9H14Cl2O2/c1-5(2)7(12)9(10,11)8(13)6(3)4/h5-6H,1-4H3. The van der Waals surface area contributed by atoms with Crippen molar-refractivity contribution < 1.29 is 9.59 Å². The smallest absolute Gasteiger partial charge is 0.233 e. The van der Waals surface area contributed by atoms with Crippen molar-refractivity contribution in [3.8, 4) is 0 Å². The predicted molar refractivity (Wildman–Crippen MR) is 54.1 cm³/mol. The maximum Gasteiger partial charge on any atom is 0.233 e. The molecule has 0 aliphatic rings. The van der Waals surface area contributed by atoms with E-state index in [9.17, 15) is 9.59 Å². The van der Waals surface area contributed by atoms with E-state index < -0.39 is 15.9 Å². The number of Topliss-reactive ketones (excluding diaryl/α,β-unsaturated/α-hetero) is 2. The summed E-state index contributed by atoms with van der Waals surface area (Å²) in [5, 5.41) is 0. The zero-order valence-corrected chi connectivity index (χ0v) is 9.74. The molecule has 76 valence electrons. The SMILES string of the molecule is CC(C)C(=O)C(Cl)(Cl)C(=O)C(C)C. The number of rotatable bonds is 4. The van der Waals surface area contributed by atoms with E-state index in [1.807, 2.05) is 0 Å². The first-order chi connectivity index (χ1) is 5.71. The second-order valence-electron chi connectivity index (χ2n) is 3.61. The van der Waals surface area contributed by atoms with Crippen LogP contribution in [0.2, 0.25) is 0 Å². The number of ketones is 2. The van der Waals surface area contributed by atoms with Gasteiger partial charge in [-0.05, 0) is 0 Å². The molecule has 4 heteroatoms. The van der Waals surface area contributed by atoms with Crippen LogP contribution < -0.4 is 0 Å². The average molecular weight is 225 g/mol. The Bertz CT molecular complexity index is 198. The van der Waals surface area contributed by atoms with E-state index in [4.69, 9.17) is 23.2 Å². The topological polar surface area (TPSA) is 34.1 Å². The van der Waals surface area contributed by atoms with Gasteiger partial charge in [0.25, 0.3) is 0 Å². The molecule has 0 amide bonds. The van der Waals surface area contributed by atoms with Gasteiger partial charge in [-0.1, -0.05) is 50.9 Å². The molecule has 0 aromatic heterocycles. The van der Waals surface area contributed by atoms with Crippen LogP contribution in [0.25, 0.3) is 0 Å². The Kier molecular flexibility index (Phi) is 4.40. The van der Waals surface area contributed by atoms with Crippen molar-refractivity contribution in [3.05, 3.63) is 0 Å². The van der Waals surface area contributed by atoms with Crippen molar-refractivity contribution in [2.45, 2.75) is 32.0 Å². The van der Waals surface area contributed by atoms with Crippen molar-refractivity contribution in [1.82, 2.24) is 0 Å². The van der Waals surface area contributed by atoms with Gasteiger partial charge >= 0.3 is 0 Å². The van der Waals surface area contributed by atoms with Crippen molar-refractivity contribution >= 4 is 34.8 Å². The molecular weight excluding hydrogens is 211 g/mol. The van der Waals surface area contributed by atoms with Gasteiger partial charge in [0, 0.05) is 11.8 Å². The molecule has 0 bridgehead atoms. The van der Waals surface area contributed by atoms with Crippen LogP contribution in [-0.4, -0.2) is 15.9 Å². The number of alkyl halides is 2. The Hall–Kier alpha value is -0.0800. The van der Waals surface area contributed by atoms with Gasteiger partial charge in [0.15, 0.2) is 11.6 Å². The molecule has 0 fully saturated rings. The summed E-state index contributed by atoms with van der Waals surface area (Å²) in [4.78, 5) is 22.9. The van der Waals surface area contributed by atoms with Gasteiger partial charge in [-0.25, -0.2) is 0 Å². The fraction of sp³-hybridized carbons (Fsp3) is 0.778. The van der Waals surface area contributed by atoms with Gasteiger partial charge in [-0.3, -0.25) is 9.59 Å². The van der Waals surface area contributed by atoms with Crippen LogP contribution in [-0.2, 0) is 9.59 Å². The monoisotopic (exact) mass is 224 g/mol. The van der Waals surface area contributed by atoms with Gasteiger partial charge in [-0.2, -0.15) is 0 Å². The lowest BCUT2D eigenvalue weighted by Gasteiger charge is -2.20. The number of carbonyl (C=O) groups excluding carboxylic acids is 2. The first-order valence-electron chi connectivity index (χ1n) is 4.17. The minimum Gasteiger partial charge on any atom is -0.295 e. The molecule has 0 aromatic rings. The third kappa shape index (κ3) is 2.96. The summed E-state index contributed by atoms with van der Waals surface area (Å²) in [5.41, 5.74) is 0. The average Bonchev–Trinajstić information content (AvgIpc) is 2.01. The molecule has 0 spiro atoms. The van der Waals surface area contributed by atoms with E-state index in [-0.39, 0.29) is 11.8 Å². The van der Waals surface area contributed by atoms with Crippen LogP contribution in [0.1, 0.15) is 27.7 Å². The lowest BCUT2D eigenvalue weighted by Crippen LogP contribution is -2.40. The predicted octanol–water partition coefficient (Wildman–Crippen LogP) is 2.61. The second kappa shape index (κ2) is 4.43. The molecule has 2 nitrogen and oxygen atoms in total. The molecule has 0 radical (unpaired) electrons. The van der Waals surface area contributed by atoms with Crippen LogP contribution in [0.3, 0.4) is 0 Å². The van der Waals surface area contributed by atoms with Gasteiger partial charge in [0.1, 0.15) is 0 Å². The summed E-state index contributed by atoms with van der Waals surface area (Å²) in [6, 6.07) is 0. The van der Waals surface area contributed by atoms with Gasteiger partial charge < -0.3 is 0 Å². The summed E-state index contributed by atoms with van der Waals surface area (Å²) in [6.45, 7) is 6.65. The van der Waals surface area contributed by atoms with E-state index in [1.165, 1.54) is 0 Å². The summed E-state index contributed by atoms with van der Waals surface area (Å²) in [5.74, 6) is -1.54. The zero-order chi connectivity index (χ0) is 10.8. The van der Waals surface area contributed by atoms with Gasteiger partial charge in [-0.15, -0.1) is 0 Å². The first-order valence-corrected chi connectivity index (χ1v) is 4.93. The van der Waals surface area contributed by atoms with E-state index in [1.54, 1.807) is 27.7 Å². The Morgan fingerprint density at radius 2 is 1.15 bits per heavy atom. The van der Waals surface area contributed by atoms with E-state index in [2.05, 4.69) is 0 Å². The van der Waals surface area contributed by atoms with E-state index >= 15 is 0 Å². The molecule has 0 aliphatic carbocycles. The Labute approximate surface area is 88.6 Å². The minimum absolute atomic E-state index is 0.335. The maximum absolute atomic E-state index is 11.4. The Morgan fingerprint density at radius 3 is 1.31 bits per heavy atom. The van der Waals surface area contributed by atoms with Crippen molar-refractivity contribution in [3.63, 3.8) is 0 Å². The van der Waals surface area contributed by atoms with Crippen LogP contribution in [0.4, 0.5) is 0 Å². The van der Waals surface area contributed by atoms with E-state index in [0.717, 1.165) is 0 Å². The zero-order valence-electron chi connectivity index (χ0n) is 8.23. The van der Waals surface area contributed by atoms with Crippen LogP contribution >= 0.6 is 23.2 Å². The van der Waals surface area contributed by atoms with Crippen molar-refractivity contribution in [2.75, 3.05) is 0 Å². The first kappa shape index (κ1) is 12.9. The molecule has 0 unspecified atom stereocenters. The van der Waals surface area contributed by atoms with E-state index in [0.29, 0.717) is 0 Å². The number of halogens is 2. The molecule has 0 aromatic carbocycles. The summed E-state index contributed by atoms with van der Waals surface area (Å²) < 4.78 is -1.87. The highest BCUT2D eigenvalue weighted by Crippen LogP contribution is 2.29. The molecule has 0 heterocycles. The molecule has 0 saturated heterocycles. The summed E-state index contributed by atoms with van der Waals surface area (Å²) in [6.07, 6.45) is 0. The summed E-state index contributed by atoms with van der Waals surface area (Å²) >= 11 is 11.4. The fourth-order valence-corrected chi connectivity index (χ4v) is 1.72. The lowest BCUT2D eigenvalue weighted by atomic mass is 9.97. The molecule has 0 N–H and O–H groups in total. The van der Waals surface area contributed by atoms with Gasteiger partial charge in [0.2, 0.25) is 4.33 Å². The molecule has 0 atom stereocenters. The largest absolute Gasteiger partial charge is 0.295 e.